The number of halogens is 5. The Bertz CT molecular complexity index is 426. The van der Waals surface area contributed by atoms with Crippen LogP contribution in [-0.2, 0) is 6.18 Å². The molecule has 1 aromatic rings. The number of alkyl halides is 3. The molecule has 0 aromatic heterocycles. The Morgan fingerprint density at radius 3 is 2.59 bits per heavy atom. The van der Waals surface area contributed by atoms with Crippen LogP contribution in [0.4, 0.5) is 23.2 Å². The summed E-state index contributed by atoms with van der Waals surface area (Å²) in [5, 5.41) is 2.72. The standard InChI is InChI=1S/C11H10ClF4N/c1-7(5-12)6-17-8-2-3-10(13)9(4-8)11(14,15)16/h2-5,17H,6H2,1H3/b7-5-. The molecule has 1 aromatic carbocycles. The second kappa shape index (κ2) is 5.40. The summed E-state index contributed by atoms with van der Waals surface area (Å²) in [7, 11) is 0. The smallest absolute Gasteiger partial charge is 0.381 e. The average Bonchev–Trinajstić information content (AvgIpc) is 2.26. The molecule has 6 heteroatoms. The Balaban J connectivity index is 2.90. The Labute approximate surface area is 101 Å². The first-order valence-electron chi connectivity index (χ1n) is 4.71. The minimum atomic E-state index is -4.70. The molecule has 0 aliphatic heterocycles. The molecular weight excluding hydrogens is 258 g/mol. The minimum absolute atomic E-state index is 0.191. The van der Waals surface area contributed by atoms with Crippen LogP contribution in [0.2, 0.25) is 0 Å². The van der Waals surface area contributed by atoms with E-state index >= 15 is 0 Å². The van der Waals surface area contributed by atoms with Crippen molar-refractivity contribution in [3.63, 3.8) is 0 Å². The summed E-state index contributed by atoms with van der Waals surface area (Å²) in [4.78, 5) is 0. The lowest BCUT2D eigenvalue weighted by Gasteiger charge is -2.11. The molecule has 0 spiro atoms. The van der Waals surface area contributed by atoms with Crippen molar-refractivity contribution in [3.8, 4) is 0 Å². The van der Waals surface area contributed by atoms with Crippen LogP contribution in [-0.4, -0.2) is 6.54 Å². The summed E-state index contributed by atoms with van der Waals surface area (Å²) in [6.45, 7) is 2.01. The van der Waals surface area contributed by atoms with Crippen LogP contribution in [0.3, 0.4) is 0 Å². The van der Waals surface area contributed by atoms with E-state index in [0.717, 1.165) is 17.7 Å². The zero-order valence-corrected chi connectivity index (χ0v) is 9.66. The molecule has 94 valence electrons. The largest absolute Gasteiger partial charge is 0.419 e. The van der Waals surface area contributed by atoms with Crippen LogP contribution < -0.4 is 5.32 Å². The van der Waals surface area contributed by atoms with E-state index in [1.54, 1.807) is 6.92 Å². The van der Waals surface area contributed by atoms with Gasteiger partial charge >= 0.3 is 6.18 Å². The zero-order chi connectivity index (χ0) is 13.1. The molecule has 1 rings (SSSR count). The van der Waals surface area contributed by atoms with Crippen LogP contribution in [0.1, 0.15) is 12.5 Å². The number of rotatable bonds is 3. The van der Waals surface area contributed by atoms with Crippen LogP contribution in [0.5, 0.6) is 0 Å². The quantitative estimate of drug-likeness (QED) is 0.801. The lowest BCUT2D eigenvalue weighted by atomic mass is 10.1. The summed E-state index contributed by atoms with van der Waals surface area (Å²) in [5.41, 5.74) is 0.984. The van der Waals surface area contributed by atoms with Gasteiger partial charge in [0.1, 0.15) is 5.82 Å². The fourth-order valence-electron chi connectivity index (χ4n) is 1.13. The van der Waals surface area contributed by atoms with Gasteiger partial charge in [0.05, 0.1) is 5.56 Å². The molecule has 0 aliphatic rings. The molecule has 17 heavy (non-hydrogen) atoms. The summed E-state index contributed by atoms with van der Waals surface area (Å²) in [5.74, 6) is -1.28. The highest BCUT2D eigenvalue weighted by Gasteiger charge is 2.34. The molecule has 0 radical (unpaired) electrons. The van der Waals surface area contributed by atoms with Gasteiger partial charge in [-0.25, -0.2) is 4.39 Å². The van der Waals surface area contributed by atoms with E-state index in [9.17, 15) is 17.6 Å². The molecule has 0 unspecified atom stereocenters. The van der Waals surface area contributed by atoms with Gasteiger partial charge in [-0.05, 0) is 30.7 Å². The second-order valence-electron chi connectivity index (χ2n) is 3.50. The molecular formula is C11H10ClF4N. The normalized spacial score (nSPS) is 12.7. The maximum absolute atomic E-state index is 13.0. The number of nitrogens with one attached hydrogen (secondary N) is 1. The Morgan fingerprint density at radius 1 is 1.41 bits per heavy atom. The summed E-state index contributed by atoms with van der Waals surface area (Å²) >= 11 is 5.41. The van der Waals surface area contributed by atoms with Gasteiger partial charge in [-0.1, -0.05) is 11.6 Å². The SMILES string of the molecule is C/C(=C/Cl)CNc1ccc(F)c(C(F)(F)F)c1. The molecule has 1 N–H and O–H groups in total. The summed E-state index contributed by atoms with van der Waals surface area (Å²) in [6.07, 6.45) is -4.70. The molecule has 0 saturated carbocycles. The van der Waals surface area contributed by atoms with E-state index < -0.39 is 17.6 Å². The van der Waals surface area contributed by atoms with Crippen molar-refractivity contribution in [3.05, 3.63) is 40.7 Å². The molecule has 0 heterocycles. The van der Waals surface area contributed by atoms with Crippen LogP contribution in [0.15, 0.2) is 29.3 Å². The summed E-state index contributed by atoms with van der Waals surface area (Å²) in [6, 6.07) is 2.76. The Morgan fingerprint density at radius 2 is 2.06 bits per heavy atom. The maximum Gasteiger partial charge on any atom is 0.419 e. The van der Waals surface area contributed by atoms with E-state index in [4.69, 9.17) is 11.6 Å². The van der Waals surface area contributed by atoms with Crippen LogP contribution in [0, 0.1) is 5.82 Å². The van der Waals surface area contributed by atoms with Crippen molar-refractivity contribution in [2.75, 3.05) is 11.9 Å². The Kier molecular flexibility index (Phi) is 4.40. The van der Waals surface area contributed by atoms with E-state index in [1.165, 1.54) is 11.6 Å². The first-order valence-corrected chi connectivity index (χ1v) is 5.14. The number of hydrogen-bond donors (Lipinski definition) is 1. The van der Waals surface area contributed by atoms with Crippen LogP contribution in [0.25, 0.3) is 0 Å². The van der Waals surface area contributed by atoms with Crippen molar-refractivity contribution in [2.24, 2.45) is 0 Å². The third-order valence-electron chi connectivity index (χ3n) is 2.03. The number of anilines is 1. The average molecular weight is 268 g/mol. The van der Waals surface area contributed by atoms with Crippen molar-refractivity contribution in [2.45, 2.75) is 13.1 Å². The third-order valence-corrected chi connectivity index (χ3v) is 2.40. The van der Waals surface area contributed by atoms with Gasteiger partial charge in [-0.15, -0.1) is 0 Å². The number of hydrogen-bond acceptors (Lipinski definition) is 1. The highest BCUT2D eigenvalue weighted by molar-refractivity contribution is 6.25. The lowest BCUT2D eigenvalue weighted by Crippen LogP contribution is -2.10. The fourth-order valence-corrected chi connectivity index (χ4v) is 1.21. The van der Waals surface area contributed by atoms with Gasteiger partial charge in [0.25, 0.3) is 0 Å². The van der Waals surface area contributed by atoms with Crippen molar-refractivity contribution in [1.82, 2.24) is 0 Å². The van der Waals surface area contributed by atoms with Gasteiger partial charge in [0, 0.05) is 17.8 Å². The van der Waals surface area contributed by atoms with Gasteiger partial charge in [-0.3, -0.25) is 0 Å². The zero-order valence-electron chi connectivity index (χ0n) is 8.91. The first kappa shape index (κ1) is 13.8. The van der Waals surface area contributed by atoms with E-state index in [-0.39, 0.29) is 5.69 Å². The Hall–Kier alpha value is -1.23. The molecule has 0 bridgehead atoms. The van der Waals surface area contributed by atoms with E-state index in [0.29, 0.717) is 6.54 Å². The van der Waals surface area contributed by atoms with E-state index in [1.807, 2.05) is 0 Å². The van der Waals surface area contributed by atoms with Gasteiger partial charge in [0.15, 0.2) is 0 Å². The highest BCUT2D eigenvalue weighted by Crippen LogP contribution is 2.32. The number of benzene rings is 1. The fraction of sp³-hybridized carbons (Fsp3) is 0.273. The monoisotopic (exact) mass is 267 g/mol. The molecule has 0 saturated heterocycles. The third kappa shape index (κ3) is 3.93. The molecule has 0 amide bonds. The van der Waals surface area contributed by atoms with Gasteiger partial charge in [0.2, 0.25) is 0 Å². The molecule has 0 aliphatic carbocycles. The summed E-state index contributed by atoms with van der Waals surface area (Å²) < 4.78 is 50.1. The van der Waals surface area contributed by atoms with Gasteiger partial charge < -0.3 is 5.32 Å². The van der Waals surface area contributed by atoms with Crippen LogP contribution >= 0.6 is 11.6 Å². The maximum atomic E-state index is 13.0. The minimum Gasteiger partial charge on any atom is -0.381 e. The van der Waals surface area contributed by atoms with Crippen molar-refractivity contribution >= 4 is 17.3 Å². The van der Waals surface area contributed by atoms with Gasteiger partial charge in [-0.2, -0.15) is 13.2 Å². The molecule has 0 fully saturated rings. The predicted molar refractivity (Wildman–Crippen MR) is 59.5 cm³/mol. The van der Waals surface area contributed by atoms with E-state index in [2.05, 4.69) is 5.32 Å². The first-order chi connectivity index (χ1) is 7.84. The topological polar surface area (TPSA) is 12.0 Å². The van der Waals surface area contributed by atoms with Crippen molar-refractivity contribution in [1.29, 1.82) is 0 Å². The lowest BCUT2D eigenvalue weighted by molar-refractivity contribution is -0.139. The predicted octanol–water partition coefficient (Wildman–Crippen LogP) is 4.40. The molecule has 1 nitrogen and oxygen atoms in total. The second-order valence-corrected chi connectivity index (χ2v) is 3.72. The van der Waals surface area contributed by atoms with Crippen molar-refractivity contribution < 1.29 is 17.6 Å². The highest BCUT2D eigenvalue weighted by atomic mass is 35.5. The molecule has 0 atom stereocenters.